The van der Waals surface area contributed by atoms with E-state index in [0.29, 0.717) is 12.4 Å². The summed E-state index contributed by atoms with van der Waals surface area (Å²) in [6.07, 6.45) is 1.09. The second-order valence-electron chi connectivity index (χ2n) is 6.53. The first-order valence-corrected chi connectivity index (χ1v) is 10.3. The van der Waals surface area contributed by atoms with Crippen LogP contribution < -0.4 is 0 Å². The smallest absolute Gasteiger partial charge is 0.304 e. The van der Waals surface area contributed by atoms with Gasteiger partial charge in [0.2, 0.25) is 0 Å². The largest absolute Gasteiger partial charge is 0.481 e. The van der Waals surface area contributed by atoms with Gasteiger partial charge in [0.15, 0.2) is 6.17 Å². The molecule has 0 aliphatic carbocycles. The Labute approximate surface area is 161 Å². The van der Waals surface area contributed by atoms with Gasteiger partial charge in [0.1, 0.15) is 11.6 Å². The highest BCUT2D eigenvalue weighted by atomic mass is 32.2. The molecule has 0 atom stereocenters. The second kappa shape index (κ2) is 8.43. The number of ether oxygens (including phenoxy) is 1. The highest BCUT2D eigenvalue weighted by Crippen LogP contribution is 2.48. The van der Waals surface area contributed by atoms with Crippen molar-refractivity contribution in [2.24, 2.45) is 0 Å². The molecule has 0 spiro atoms. The number of rotatable bonds is 10. The molecule has 0 aromatic heterocycles. The molecule has 0 unspecified atom stereocenters. The summed E-state index contributed by atoms with van der Waals surface area (Å²) < 4.78 is 6.55. The third-order valence-electron chi connectivity index (χ3n) is 5.12. The Morgan fingerprint density at radius 1 is 1.15 bits per heavy atom. The number of fused-ring (bicyclic) bond motifs is 1. The predicted molar refractivity (Wildman–Crippen MR) is 105 cm³/mol. The topological polar surface area (TPSA) is 59.5 Å². The van der Waals surface area contributed by atoms with E-state index in [4.69, 9.17) is 9.84 Å². The molecular formula is C18H32N4O3S. The Balaban J connectivity index is 2.08. The van der Waals surface area contributed by atoms with Crippen LogP contribution in [0.2, 0.25) is 0 Å². The van der Waals surface area contributed by atoms with Crippen LogP contribution in [0.1, 0.15) is 26.7 Å². The molecule has 2 saturated heterocycles. The van der Waals surface area contributed by atoms with Gasteiger partial charge in [-0.1, -0.05) is 13.2 Å². The fraction of sp³-hybridized carbons (Fsp3) is 0.722. The van der Waals surface area contributed by atoms with Crippen molar-refractivity contribution < 1.29 is 14.6 Å². The molecule has 0 aromatic rings. The van der Waals surface area contributed by atoms with Crippen molar-refractivity contribution in [1.29, 1.82) is 0 Å². The molecule has 0 bridgehead atoms. The SMILES string of the molecule is C=C1N(C)[C@H]2N(C)C(=C)N(CC)[C@@]2(OCCCSCCC(=O)O)N1CC. The maximum absolute atomic E-state index is 10.6. The lowest BCUT2D eigenvalue weighted by molar-refractivity contribution is -0.211. The van der Waals surface area contributed by atoms with Crippen LogP contribution in [-0.4, -0.2) is 88.0 Å². The minimum absolute atomic E-state index is 0.00191. The van der Waals surface area contributed by atoms with Crippen molar-refractivity contribution in [3.63, 3.8) is 0 Å². The van der Waals surface area contributed by atoms with E-state index < -0.39 is 11.8 Å². The first kappa shape index (κ1) is 20.8. The lowest BCUT2D eigenvalue weighted by Crippen LogP contribution is -2.61. The lowest BCUT2D eigenvalue weighted by atomic mass is 10.2. The van der Waals surface area contributed by atoms with E-state index in [0.717, 1.165) is 36.9 Å². The van der Waals surface area contributed by atoms with Gasteiger partial charge in [0.25, 0.3) is 5.85 Å². The van der Waals surface area contributed by atoms with Crippen LogP contribution in [-0.2, 0) is 9.53 Å². The van der Waals surface area contributed by atoms with Crippen molar-refractivity contribution in [3.05, 3.63) is 24.8 Å². The fourth-order valence-corrected chi connectivity index (χ4v) is 4.76. The number of nitrogens with zero attached hydrogens (tertiary/aromatic N) is 4. The highest BCUT2D eigenvalue weighted by Gasteiger charge is 2.64. The van der Waals surface area contributed by atoms with Crippen molar-refractivity contribution in [1.82, 2.24) is 19.6 Å². The quantitative estimate of drug-likeness (QED) is 0.575. The molecular weight excluding hydrogens is 352 g/mol. The Kier molecular flexibility index (Phi) is 6.74. The van der Waals surface area contributed by atoms with Crippen LogP contribution in [0.15, 0.2) is 24.8 Å². The van der Waals surface area contributed by atoms with E-state index in [2.05, 4.69) is 46.6 Å². The van der Waals surface area contributed by atoms with Crippen LogP contribution in [0, 0.1) is 0 Å². The molecule has 0 aromatic carbocycles. The monoisotopic (exact) mass is 384 g/mol. The van der Waals surface area contributed by atoms with Gasteiger partial charge in [-0.05, 0) is 26.0 Å². The van der Waals surface area contributed by atoms with Crippen LogP contribution in [0.5, 0.6) is 0 Å². The molecule has 26 heavy (non-hydrogen) atoms. The molecule has 148 valence electrons. The number of carboxylic acid groups (broad SMARTS) is 1. The average molecular weight is 385 g/mol. The molecule has 2 rings (SSSR count). The summed E-state index contributed by atoms with van der Waals surface area (Å²) in [5, 5.41) is 8.70. The van der Waals surface area contributed by atoms with Crippen LogP contribution >= 0.6 is 11.8 Å². The van der Waals surface area contributed by atoms with E-state index in [1.54, 1.807) is 11.8 Å². The molecule has 0 radical (unpaired) electrons. The van der Waals surface area contributed by atoms with E-state index in [1.165, 1.54) is 0 Å². The van der Waals surface area contributed by atoms with Gasteiger partial charge in [-0.15, -0.1) is 0 Å². The molecule has 2 fully saturated rings. The fourth-order valence-electron chi connectivity index (χ4n) is 3.92. The summed E-state index contributed by atoms with van der Waals surface area (Å²) in [6.45, 7) is 14.9. The van der Waals surface area contributed by atoms with Crippen molar-refractivity contribution in [2.45, 2.75) is 38.7 Å². The number of carboxylic acids is 1. The molecule has 2 aliphatic rings. The minimum Gasteiger partial charge on any atom is -0.481 e. The molecule has 0 amide bonds. The highest BCUT2D eigenvalue weighted by molar-refractivity contribution is 7.99. The summed E-state index contributed by atoms with van der Waals surface area (Å²) in [7, 11) is 4.09. The number of hydrogen-bond acceptors (Lipinski definition) is 7. The lowest BCUT2D eigenvalue weighted by Gasteiger charge is -2.43. The van der Waals surface area contributed by atoms with Crippen LogP contribution in [0.25, 0.3) is 0 Å². The van der Waals surface area contributed by atoms with Gasteiger partial charge in [-0.3, -0.25) is 4.79 Å². The van der Waals surface area contributed by atoms with Gasteiger partial charge in [-0.25, -0.2) is 0 Å². The standard InChI is InChI=1S/C18H32N4O3S/c1-7-21-14(3)19(5)17-18(21,22(8-2)15(4)20(17)6)25-11-9-12-26-13-10-16(23)24/h17H,3-4,7-13H2,1-2,5-6H3,(H,23,24)/t17-,18-. The van der Waals surface area contributed by atoms with Crippen molar-refractivity contribution in [2.75, 3.05) is 45.3 Å². The first-order valence-electron chi connectivity index (χ1n) is 9.15. The molecule has 7 nitrogen and oxygen atoms in total. The van der Waals surface area contributed by atoms with E-state index in [1.807, 2.05) is 14.1 Å². The number of likely N-dealkylation sites (N-methyl/N-ethyl adjacent to an activating group) is 4. The first-order chi connectivity index (χ1) is 12.3. The van der Waals surface area contributed by atoms with Crippen LogP contribution in [0.3, 0.4) is 0 Å². The molecule has 1 N–H and O–H groups in total. The Bertz CT molecular complexity index is 527. The normalized spacial score (nSPS) is 25.5. The summed E-state index contributed by atoms with van der Waals surface area (Å²) in [6, 6.07) is 0. The predicted octanol–water partition coefficient (Wildman–Crippen LogP) is 2.06. The molecule has 8 heteroatoms. The Morgan fingerprint density at radius 3 is 2.15 bits per heavy atom. The maximum atomic E-state index is 10.6. The summed E-state index contributed by atoms with van der Waals surface area (Å²) in [5.74, 6) is 2.07. The van der Waals surface area contributed by atoms with Gasteiger partial charge < -0.3 is 29.4 Å². The Hall–Kier alpha value is -1.54. The van der Waals surface area contributed by atoms with E-state index >= 15 is 0 Å². The van der Waals surface area contributed by atoms with E-state index in [-0.39, 0.29) is 12.6 Å². The zero-order valence-electron chi connectivity index (χ0n) is 16.4. The van der Waals surface area contributed by atoms with Gasteiger partial charge >= 0.3 is 5.97 Å². The zero-order valence-corrected chi connectivity index (χ0v) is 17.2. The number of thioether (sulfide) groups is 1. The van der Waals surface area contributed by atoms with Gasteiger partial charge in [-0.2, -0.15) is 11.8 Å². The zero-order chi connectivity index (χ0) is 19.5. The van der Waals surface area contributed by atoms with E-state index in [9.17, 15) is 4.79 Å². The van der Waals surface area contributed by atoms with Gasteiger partial charge in [0, 0.05) is 32.9 Å². The van der Waals surface area contributed by atoms with Gasteiger partial charge in [0.05, 0.1) is 13.0 Å². The number of carbonyl (C=O) groups is 1. The summed E-state index contributed by atoms with van der Waals surface area (Å²) in [5.41, 5.74) is 0. The number of hydrogen-bond donors (Lipinski definition) is 1. The molecule has 0 saturated carbocycles. The van der Waals surface area contributed by atoms with Crippen molar-refractivity contribution in [3.8, 4) is 0 Å². The third-order valence-corrected chi connectivity index (χ3v) is 6.19. The number of aliphatic carboxylic acids is 1. The molecule has 2 heterocycles. The summed E-state index contributed by atoms with van der Waals surface area (Å²) >= 11 is 1.66. The van der Waals surface area contributed by atoms with Crippen LogP contribution in [0.4, 0.5) is 0 Å². The molecule has 2 aliphatic heterocycles. The summed E-state index contributed by atoms with van der Waals surface area (Å²) in [4.78, 5) is 19.3. The maximum Gasteiger partial charge on any atom is 0.304 e. The second-order valence-corrected chi connectivity index (χ2v) is 7.76. The Morgan fingerprint density at radius 2 is 1.69 bits per heavy atom. The third kappa shape index (κ3) is 3.36. The minimum atomic E-state index is -0.743. The van der Waals surface area contributed by atoms with Crippen molar-refractivity contribution >= 4 is 17.7 Å². The average Bonchev–Trinajstić information content (AvgIpc) is 2.93.